The van der Waals surface area contributed by atoms with E-state index in [2.05, 4.69) is 108 Å². The molecule has 0 amide bonds. The van der Waals surface area contributed by atoms with E-state index in [1.165, 1.54) is 288 Å². The first kappa shape index (κ1) is 70.8. The second kappa shape index (κ2) is 47.5. The summed E-state index contributed by atoms with van der Waals surface area (Å²) in [6.07, 6.45) is 63.8. The minimum Gasteiger partial charge on any atom is -0.324 e. The molecule has 1 radical (unpaired) electrons. The smallest absolute Gasteiger partial charge is 0.232 e. The highest BCUT2D eigenvalue weighted by Crippen LogP contribution is 2.33. The summed E-state index contributed by atoms with van der Waals surface area (Å²) < 4.78 is 0. The highest BCUT2D eigenvalue weighted by molar-refractivity contribution is 5.66. The van der Waals surface area contributed by atoms with Gasteiger partial charge in [-0.2, -0.15) is 15.0 Å². The van der Waals surface area contributed by atoms with Crippen molar-refractivity contribution in [3.63, 3.8) is 0 Å². The molecule has 0 aliphatic rings. The average Bonchev–Trinajstić information content (AvgIpc) is 3.58. The number of rotatable bonds is 54. The maximum atomic E-state index is 5.32. The molecule has 4 aromatic rings. The second-order valence-corrected chi connectivity index (χ2v) is 25.3. The lowest BCUT2D eigenvalue weighted by Crippen LogP contribution is -2.09. The Bertz CT molecular complexity index is 1950. The van der Waals surface area contributed by atoms with Crippen LogP contribution in [0.1, 0.15) is 350 Å². The van der Waals surface area contributed by atoms with E-state index in [0.717, 1.165) is 49.0 Å². The van der Waals surface area contributed by atoms with Gasteiger partial charge in [-0.15, -0.1) is 0 Å². The van der Waals surface area contributed by atoms with E-state index in [-0.39, 0.29) is 0 Å². The van der Waals surface area contributed by atoms with Gasteiger partial charge >= 0.3 is 0 Å². The Morgan fingerprint density at radius 3 is 0.793 bits per heavy atom. The molecule has 0 bridgehead atoms. The van der Waals surface area contributed by atoms with Crippen molar-refractivity contribution in [2.75, 3.05) is 10.6 Å². The zero-order valence-corrected chi connectivity index (χ0v) is 54.8. The summed E-state index contributed by atoms with van der Waals surface area (Å²) in [6, 6.07) is 18.7. The molecule has 5 nitrogen and oxygen atoms in total. The predicted molar refractivity (Wildman–Crippen MR) is 364 cm³/mol. The molecule has 461 valence electrons. The molecule has 1 aromatic heterocycles. The fraction of sp³-hybridized carbons (Fsp3) is 0.714. The zero-order chi connectivity index (χ0) is 58.3. The van der Waals surface area contributed by atoms with Gasteiger partial charge in [0.15, 0.2) is 5.82 Å². The predicted octanol–water partition coefficient (Wildman–Crippen LogP) is 25.2. The van der Waals surface area contributed by atoms with Gasteiger partial charge in [-0.25, -0.2) is 0 Å². The van der Waals surface area contributed by atoms with Gasteiger partial charge in [0.05, 0.1) is 0 Å². The lowest BCUT2D eigenvalue weighted by atomic mass is 9.89. The van der Waals surface area contributed by atoms with Crippen LogP contribution in [0.2, 0.25) is 0 Å². The van der Waals surface area contributed by atoms with Crippen molar-refractivity contribution < 1.29 is 0 Å². The zero-order valence-electron chi connectivity index (χ0n) is 54.8. The van der Waals surface area contributed by atoms with Gasteiger partial charge in [0.1, 0.15) is 0 Å². The van der Waals surface area contributed by atoms with E-state index in [9.17, 15) is 0 Å². The van der Waals surface area contributed by atoms with Crippen LogP contribution in [0.25, 0.3) is 11.4 Å². The number of anilines is 4. The Morgan fingerprint density at radius 1 is 0.293 bits per heavy atom. The summed E-state index contributed by atoms with van der Waals surface area (Å²) in [6.45, 7) is 18.1. The molecule has 0 fully saturated rings. The Morgan fingerprint density at radius 2 is 0.537 bits per heavy atom. The topological polar surface area (TPSA) is 62.7 Å². The third-order valence-electron chi connectivity index (χ3n) is 17.8. The number of nitrogens with zero attached hydrogens (tertiary/aromatic N) is 3. The lowest BCUT2D eigenvalue weighted by Gasteiger charge is -2.20. The van der Waals surface area contributed by atoms with Crippen LogP contribution in [-0.2, 0) is 44.9 Å². The van der Waals surface area contributed by atoms with Crippen molar-refractivity contribution >= 4 is 23.3 Å². The normalized spacial score (nSPS) is 11.5. The summed E-state index contributed by atoms with van der Waals surface area (Å²) in [5, 5.41) is 7.77. The molecular weight excluding hydrogens is 995 g/mol. The molecule has 0 atom stereocenters. The highest BCUT2D eigenvalue weighted by Gasteiger charge is 2.18. The first-order valence-electron chi connectivity index (χ1n) is 35.9. The average molecular weight is 1120 g/mol. The third kappa shape index (κ3) is 30.9. The second-order valence-electron chi connectivity index (χ2n) is 25.3. The number of benzene rings is 3. The van der Waals surface area contributed by atoms with Crippen LogP contribution < -0.4 is 10.6 Å². The molecule has 4 rings (SSSR count). The molecule has 0 spiro atoms. The molecule has 0 saturated heterocycles. The Hall–Kier alpha value is -3.73. The summed E-state index contributed by atoms with van der Waals surface area (Å²) >= 11 is 0. The number of aryl methyl sites for hydroxylation is 4. The summed E-state index contributed by atoms with van der Waals surface area (Å²) in [4.78, 5) is 15.9. The van der Waals surface area contributed by atoms with E-state index in [4.69, 9.17) is 15.0 Å². The van der Waals surface area contributed by atoms with Crippen molar-refractivity contribution in [1.82, 2.24) is 15.0 Å². The van der Waals surface area contributed by atoms with Gasteiger partial charge in [0.2, 0.25) is 11.9 Å². The third-order valence-corrected chi connectivity index (χ3v) is 17.8. The van der Waals surface area contributed by atoms with E-state index in [1.807, 2.05) is 0 Å². The SMILES string of the molecule is [CH2]Cc1ccc(-c2nc(Nc3cc(CCCCCCCCC)c(CCCCCCCCC)c(CCCCCCCCC)c3)nc(Nc3cc(CCCCCCCCC)c(CCCCCCCCC)c(CCCCCCCCC)c3)n2)cc1. The van der Waals surface area contributed by atoms with Crippen LogP contribution in [-0.4, -0.2) is 15.0 Å². The van der Waals surface area contributed by atoms with Crippen LogP contribution in [0.15, 0.2) is 48.5 Å². The van der Waals surface area contributed by atoms with Crippen molar-refractivity contribution in [1.29, 1.82) is 0 Å². The molecular formula is C77H128N5. The molecule has 0 aliphatic heterocycles. The van der Waals surface area contributed by atoms with E-state index >= 15 is 0 Å². The molecule has 82 heavy (non-hydrogen) atoms. The maximum absolute atomic E-state index is 5.32. The molecule has 5 heteroatoms. The van der Waals surface area contributed by atoms with Crippen LogP contribution >= 0.6 is 0 Å². The Kier molecular flexibility index (Phi) is 41.0. The fourth-order valence-corrected chi connectivity index (χ4v) is 12.6. The van der Waals surface area contributed by atoms with Crippen molar-refractivity contribution in [3.8, 4) is 11.4 Å². The first-order valence-corrected chi connectivity index (χ1v) is 35.9. The summed E-state index contributed by atoms with van der Waals surface area (Å²) in [7, 11) is 0. The number of unbranched alkanes of at least 4 members (excludes halogenated alkanes) is 36. The van der Waals surface area contributed by atoms with Gasteiger partial charge in [-0.05, 0) is 154 Å². The highest BCUT2D eigenvalue weighted by atomic mass is 15.2. The minimum atomic E-state index is 0.611. The van der Waals surface area contributed by atoms with Crippen LogP contribution in [0.3, 0.4) is 0 Å². The fourth-order valence-electron chi connectivity index (χ4n) is 12.6. The van der Waals surface area contributed by atoms with Gasteiger partial charge < -0.3 is 10.6 Å². The number of nitrogens with one attached hydrogen (secondary N) is 2. The minimum absolute atomic E-state index is 0.611. The van der Waals surface area contributed by atoms with Crippen molar-refractivity contribution in [2.24, 2.45) is 0 Å². The largest absolute Gasteiger partial charge is 0.324 e. The van der Waals surface area contributed by atoms with E-state index in [0.29, 0.717) is 17.7 Å². The van der Waals surface area contributed by atoms with Crippen LogP contribution in [0, 0.1) is 6.92 Å². The van der Waals surface area contributed by atoms with Gasteiger partial charge in [-0.3, -0.25) is 0 Å². The first-order chi connectivity index (χ1) is 40.5. The molecule has 0 saturated carbocycles. The quantitative estimate of drug-likeness (QED) is 0.0432. The van der Waals surface area contributed by atoms with Gasteiger partial charge in [0.25, 0.3) is 0 Å². The summed E-state index contributed by atoms with van der Waals surface area (Å²) in [5.41, 5.74) is 14.0. The lowest BCUT2D eigenvalue weighted by molar-refractivity contribution is 0.578. The number of aromatic nitrogens is 3. The number of hydrogen-bond donors (Lipinski definition) is 2. The Balaban J connectivity index is 1.78. The molecule has 3 aromatic carbocycles. The molecule has 0 aliphatic carbocycles. The molecule has 0 unspecified atom stereocenters. The van der Waals surface area contributed by atoms with Crippen LogP contribution in [0.5, 0.6) is 0 Å². The number of hydrogen-bond acceptors (Lipinski definition) is 5. The Labute approximate surface area is 508 Å². The monoisotopic (exact) mass is 1120 g/mol. The van der Waals surface area contributed by atoms with Crippen molar-refractivity contribution in [2.45, 2.75) is 356 Å². The van der Waals surface area contributed by atoms with Gasteiger partial charge in [0, 0.05) is 16.9 Å². The van der Waals surface area contributed by atoms with E-state index < -0.39 is 0 Å². The summed E-state index contributed by atoms with van der Waals surface area (Å²) in [5.74, 6) is 1.92. The molecule has 1 heterocycles. The standard InChI is InChI=1S/C77H128N5/c1-8-15-21-27-33-39-45-51-67-61-71(62-68(52-46-40-34-28-22-16-9-2)73(67)55-49-43-37-31-25-19-12-5)78-76-80-75(66-59-57-65(14-7)58-60-66)81-77(82-76)79-72-63-69(53-47-41-35-29-23-17-10-3)74(56-50-44-38-32-26-20-13-6)70(64-72)54-48-42-36-30-24-18-11-4/h57-64H,7-56H2,1-6H3,(H2,78,79,80,81,82). The van der Waals surface area contributed by atoms with Crippen LogP contribution in [0.4, 0.5) is 23.3 Å². The van der Waals surface area contributed by atoms with Gasteiger partial charge in [-0.1, -0.05) is 297 Å². The maximum Gasteiger partial charge on any atom is 0.232 e. The molecule has 2 N–H and O–H groups in total. The van der Waals surface area contributed by atoms with Crippen molar-refractivity contribution in [3.05, 3.63) is 94.4 Å². The van der Waals surface area contributed by atoms with E-state index in [1.54, 1.807) is 33.4 Å².